The van der Waals surface area contributed by atoms with Crippen molar-refractivity contribution in [3.63, 3.8) is 0 Å². The molecule has 0 spiro atoms. The molecule has 2 rings (SSSR count). The Bertz CT molecular complexity index is 739. The predicted molar refractivity (Wildman–Crippen MR) is 84.1 cm³/mol. The SMILES string of the molecule is Cc1ccc(S(=O)(=O)Oc2cc(CCN)ccc2CO)cc1. The van der Waals surface area contributed by atoms with E-state index in [1.54, 1.807) is 30.3 Å². The molecule has 118 valence electrons. The minimum atomic E-state index is -3.94. The van der Waals surface area contributed by atoms with Crippen molar-refractivity contribution in [3.8, 4) is 5.75 Å². The number of hydrogen-bond acceptors (Lipinski definition) is 5. The van der Waals surface area contributed by atoms with Crippen LogP contribution in [-0.4, -0.2) is 20.1 Å². The molecule has 0 radical (unpaired) electrons. The maximum Gasteiger partial charge on any atom is 0.339 e. The topological polar surface area (TPSA) is 89.6 Å². The zero-order valence-corrected chi connectivity index (χ0v) is 13.1. The summed E-state index contributed by atoms with van der Waals surface area (Å²) in [6.45, 7) is 2.02. The Balaban J connectivity index is 2.35. The summed E-state index contributed by atoms with van der Waals surface area (Å²) in [5.74, 6) is 0.133. The molecule has 0 heterocycles. The lowest BCUT2D eigenvalue weighted by molar-refractivity contribution is 0.278. The van der Waals surface area contributed by atoms with E-state index in [1.165, 1.54) is 12.1 Å². The summed E-state index contributed by atoms with van der Waals surface area (Å²) in [5.41, 5.74) is 7.73. The van der Waals surface area contributed by atoms with Crippen molar-refractivity contribution in [1.82, 2.24) is 0 Å². The first kappa shape index (κ1) is 16.5. The number of hydrogen-bond donors (Lipinski definition) is 2. The van der Waals surface area contributed by atoms with Crippen molar-refractivity contribution in [1.29, 1.82) is 0 Å². The van der Waals surface area contributed by atoms with Gasteiger partial charge in [-0.25, -0.2) is 0 Å². The van der Waals surface area contributed by atoms with E-state index in [9.17, 15) is 13.5 Å². The van der Waals surface area contributed by atoms with Gasteiger partial charge >= 0.3 is 10.1 Å². The van der Waals surface area contributed by atoms with E-state index in [4.69, 9.17) is 9.92 Å². The largest absolute Gasteiger partial charge is 0.392 e. The molecule has 5 nitrogen and oxygen atoms in total. The molecule has 2 aromatic carbocycles. The van der Waals surface area contributed by atoms with Crippen LogP contribution >= 0.6 is 0 Å². The van der Waals surface area contributed by atoms with Crippen molar-refractivity contribution < 1.29 is 17.7 Å². The van der Waals surface area contributed by atoms with Crippen LogP contribution in [0.15, 0.2) is 47.4 Å². The first-order chi connectivity index (χ1) is 10.5. The van der Waals surface area contributed by atoms with E-state index < -0.39 is 10.1 Å². The molecule has 0 unspecified atom stereocenters. The summed E-state index contributed by atoms with van der Waals surface area (Å²) in [6.07, 6.45) is 0.604. The Kier molecular flexibility index (Phi) is 5.18. The maximum atomic E-state index is 12.3. The van der Waals surface area contributed by atoms with E-state index in [2.05, 4.69) is 0 Å². The molecule has 0 atom stereocenters. The minimum Gasteiger partial charge on any atom is -0.392 e. The Labute approximate surface area is 130 Å². The molecule has 0 aromatic heterocycles. The van der Waals surface area contributed by atoms with Gasteiger partial charge < -0.3 is 15.0 Å². The van der Waals surface area contributed by atoms with Crippen LogP contribution in [0.2, 0.25) is 0 Å². The van der Waals surface area contributed by atoms with Crippen LogP contribution in [0.5, 0.6) is 5.75 Å². The monoisotopic (exact) mass is 321 g/mol. The van der Waals surface area contributed by atoms with Crippen molar-refractivity contribution in [2.24, 2.45) is 5.73 Å². The van der Waals surface area contributed by atoms with Gasteiger partial charge in [-0.2, -0.15) is 8.42 Å². The lowest BCUT2D eigenvalue weighted by atomic mass is 10.1. The first-order valence-corrected chi connectivity index (χ1v) is 8.31. The van der Waals surface area contributed by atoms with Gasteiger partial charge in [0.05, 0.1) is 6.61 Å². The van der Waals surface area contributed by atoms with Gasteiger partial charge in [0.2, 0.25) is 0 Å². The number of aliphatic hydroxyl groups is 1. The Morgan fingerprint density at radius 1 is 1.14 bits per heavy atom. The predicted octanol–water partition coefficient (Wildman–Crippen LogP) is 1.76. The van der Waals surface area contributed by atoms with Crippen LogP contribution in [0.1, 0.15) is 16.7 Å². The average molecular weight is 321 g/mol. The van der Waals surface area contributed by atoms with Crippen LogP contribution < -0.4 is 9.92 Å². The quantitative estimate of drug-likeness (QED) is 0.791. The van der Waals surface area contributed by atoms with Gasteiger partial charge in [0, 0.05) is 5.56 Å². The molecule has 2 aromatic rings. The third-order valence-corrected chi connectivity index (χ3v) is 4.49. The second kappa shape index (κ2) is 6.91. The number of aliphatic hydroxyl groups excluding tert-OH is 1. The van der Waals surface area contributed by atoms with Gasteiger partial charge in [0.25, 0.3) is 0 Å². The standard InChI is InChI=1S/C16H19NO4S/c1-12-2-6-15(7-3-12)22(19,20)21-16-10-13(8-9-17)4-5-14(16)11-18/h2-7,10,18H,8-9,11,17H2,1H3. The number of benzene rings is 2. The highest BCUT2D eigenvalue weighted by atomic mass is 32.2. The summed E-state index contributed by atoms with van der Waals surface area (Å²) >= 11 is 0. The lowest BCUT2D eigenvalue weighted by Gasteiger charge is -2.12. The third kappa shape index (κ3) is 3.85. The Morgan fingerprint density at radius 3 is 2.41 bits per heavy atom. The molecular weight excluding hydrogens is 302 g/mol. The lowest BCUT2D eigenvalue weighted by Crippen LogP contribution is -2.12. The van der Waals surface area contributed by atoms with Crippen molar-refractivity contribution in [3.05, 3.63) is 59.2 Å². The van der Waals surface area contributed by atoms with Crippen molar-refractivity contribution >= 4 is 10.1 Å². The molecular formula is C16H19NO4S. The minimum absolute atomic E-state index is 0.0752. The van der Waals surface area contributed by atoms with Gasteiger partial charge in [0.15, 0.2) is 0 Å². The molecule has 0 amide bonds. The van der Waals surface area contributed by atoms with Crippen LogP contribution in [-0.2, 0) is 23.1 Å². The van der Waals surface area contributed by atoms with Crippen LogP contribution in [0.4, 0.5) is 0 Å². The summed E-state index contributed by atoms with van der Waals surface area (Å²) in [6, 6.07) is 11.4. The van der Waals surface area contributed by atoms with Gasteiger partial charge in [-0.1, -0.05) is 29.8 Å². The van der Waals surface area contributed by atoms with E-state index >= 15 is 0 Å². The van der Waals surface area contributed by atoms with Crippen molar-refractivity contribution in [2.75, 3.05) is 6.54 Å². The highest BCUT2D eigenvalue weighted by molar-refractivity contribution is 7.87. The molecule has 0 aliphatic carbocycles. The molecule has 0 saturated carbocycles. The maximum absolute atomic E-state index is 12.3. The summed E-state index contributed by atoms with van der Waals surface area (Å²) in [4.78, 5) is 0.0752. The smallest absolute Gasteiger partial charge is 0.339 e. The Hall–Kier alpha value is -1.89. The Morgan fingerprint density at radius 2 is 1.82 bits per heavy atom. The van der Waals surface area contributed by atoms with E-state index in [0.29, 0.717) is 18.5 Å². The van der Waals surface area contributed by atoms with Crippen molar-refractivity contribution in [2.45, 2.75) is 24.8 Å². The van der Waals surface area contributed by atoms with Crippen LogP contribution in [0.25, 0.3) is 0 Å². The van der Waals surface area contributed by atoms with Gasteiger partial charge in [-0.15, -0.1) is 0 Å². The van der Waals surface area contributed by atoms with Gasteiger partial charge in [-0.05, 0) is 43.7 Å². The molecule has 22 heavy (non-hydrogen) atoms. The van der Waals surface area contributed by atoms with Crippen LogP contribution in [0.3, 0.4) is 0 Å². The molecule has 6 heteroatoms. The van der Waals surface area contributed by atoms with E-state index in [-0.39, 0.29) is 17.3 Å². The summed E-state index contributed by atoms with van der Waals surface area (Å²) in [5, 5.41) is 9.34. The highest BCUT2D eigenvalue weighted by Crippen LogP contribution is 2.25. The zero-order chi connectivity index (χ0) is 16.2. The fraction of sp³-hybridized carbons (Fsp3) is 0.250. The third-order valence-electron chi connectivity index (χ3n) is 3.24. The molecule has 3 N–H and O–H groups in total. The highest BCUT2D eigenvalue weighted by Gasteiger charge is 2.18. The number of nitrogens with two attached hydrogens (primary N) is 1. The van der Waals surface area contributed by atoms with Gasteiger partial charge in [0.1, 0.15) is 10.6 Å². The fourth-order valence-electron chi connectivity index (χ4n) is 2.00. The second-order valence-electron chi connectivity index (χ2n) is 4.99. The van der Waals surface area contributed by atoms with E-state index in [1.807, 2.05) is 6.92 Å². The van der Waals surface area contributed by atoms with Gasteiger partial charge in [-0.3, -0.25) is 0 Å². The first-order valence-electron chi connectivity index (χ1n) is 6.90. The zero-order valence-electron chi connectivity index (χ0n) is 12.3. The fourth-order valence-corrected chi connectivity index (χ4v) is 2.96. The summed E-state index contributed by atoms with van der Waals surface area (Å²) < 4.78 is 29.9. The molecule has 0 aliphatic rings. The average Bonchev–Trinajstić information content (AvgIpc) is 2.48. The molecule has 0 aliphatic heterocycles. The van der Waals surface area contributed by atoms with Crippen LogP contribution in [0, 0.1) is 6.92 Å². The molecule has 0 bridgehead atoms. The molecule has 0 saturated heterocycles. The normalized spacial score (nSPS) is 11.4. The second-order valence-corrected chi connectivity index (χ2v) is 6.54. The number of aryl methyl sites for hydroxylation is 1. The number of rotatable bonds is 6. The summed E-state index contributed by atoms with van der Waals surface area (Å²) in [7, 11) is -3.94. The molecule has 0 fully saturated rings. The van der Waals surface area contributed by atoms with E-state index in [0.717, 1.165) is 11.1 Å².